The van der Waals surface area contributed by atoms with E-state index in [1.165, 1.54) is 5.56 Å². The SMILES string of the molecule is CCc1ccc(Nc2nc(-c3ccncc3)cs2)cc1. The Morgan fingerprint density at radius 1 is 1.05 bits per heavy atom. The number of aromatic nitrogens is 2. The first-order chi connectivity index (χ1) is 9.85. The summed E-state index contributed by atoms with van der Waals surface area (Å²) < 4.78 is 0. The van der Waals surface area contributed by atoms with Crippen molar-refractivity contribution in [2.75, 3.05) is 5.32 Å². The lowest BCUT2D eigenvalue weighted by Crippen LogP contribution is -1.90. The molecule has 100 valence electrons. The highest BCUT2D eigenvalue weighted by atomic mass is 32.1. The second-order valence-corrected chi connectivity index (χ2v) is 5.31. The minimum Gasteiger partial charge on any atom is -0.332 e. The van der Waals surface area contributed by atoms with Gasteiger partial charge in [-0.25, -0.2) is 4.98 Å². The highest BCUT2D eigenvalue weighted by Crippen LogP contribution is 2.26. The van der Waals surface area contributed by atoms with Gasteiger partial charge in [-0.1, -0.05) is 19.1 Å². The number of nitrogens with zero attached hydrogens (tertiary/aromatic N) is 2. The lowest BCUT2D eigenvalue weighted by atomic mass is 10.1. The molecular formula is C16H15N3S. The van der Waals surface area contributed by atoms with E-state index in [4.69, 9.17) is 0 Å². The van der Waals surface area contributed by atoms with Gasteiger partial charge < -0.3 is 5.32 Å². The van der Waals surface area contributed by atoms with Gasteiger partial charge in [0.05, 0.1) is 5.69 Å². The summed E-state index contributed by atoms with van der Waals surface area (Å²) >= 11 is 1.61. The number of benzene rings is 1. The van der Waals surface area contributed by atoms with Crippen molar-refractivity contribution >= 4 is 22.2 Å². The molecule has 3 aromatic rings. The first-order valence-corrected chi connectivity index (χ1v) is 7.45. The predicted molar refractivity (Wildman–Crippen MR) is 84.4 cm³/mol. The Labute approximate surface area is 122 Å². The molecule has 3 nitrogen and oxygen atoms in total. The van der Waals surface area contributed by atoms with Gasteiger partial charge in [-0.05, 0) is 36.2 Å². The van der Waals surface area contributed by atoms with Gasteiger partial charge in [0.1, 0.15) is 0 Å². The van der Waals surface area contributed by atoms with Crippen LogP contribution in [0.5, 0.6) is 0 Å². The number of hydrogen-bond donors (Lipinski definition) is 1. The van der Waals surface area contributed by atoms with E-state index in [0.29, 0.717) is 0 Å². The fourth-order valence-corrected chi connectivity index (χ4v) is 2.67. The summed E-state index contributed by atoms with van der Waals surface area (Å²) in [4.78, 5) is 8.62. The number of thiazole rings is 1. The number of nitrogens with one attached hydrogen (secondary N) is 1. The predicted octanol–water partition coefficient (Wildman–Crippen LogP) is 4.51. The summed E-state index contributed by atoms with van der Waals surface area (Å²) in [5.41, 5.74) is 4.47. The van der Waals surface area contributed by atoms with Crippen LogP contribution in [-0.4, -0.2) is 9.97 Å². The van der Waals surface area contributed by atoms with E-state index in [1.807, 2.05) is 12.1 Å². The van der Waals surface area contributed by atoms with E-state index >= 15 is 0 Å². The molecule has 0 amide bonds. The molecule has 0 bridgehead atoms. The van der Waals surface area contributed by atoms with Crippen LogP contribution < -0.4 is 5.32 Å². The summed E-state index contributed by atoms with van der Waals surface area (Å²) in [6, 6.07) is 12.4. The topological polar surface area (TPSA) is 37.8 Å². The number of aryl methyl sites for hydroxylation is 1. The second-order valence-electron chi connectivity index (χ2n) is 4.45. The molecule has 1 aromatic carbocycles. The van der Waals surface area contributed by atoms with Crippen molar-refractivity contribution in [2.24, 2.45) is 0 Å². The smallest absolute Gasteiger partial charge is 0.187 e. The molecule has 0 aliphatic rings. The second kappa shape index (κ2) is 5.84. The lowest BCUT2D eigenvalue weighted by Gasteiger charge is -2.03. The standard InChI is InChI=1S/C16H15N3S/c1-2-12-3-5-14(6-4-12)18-16-19-15(11-20-16)13-7-9-17-10-8-13/h3-11H,2H2,1H3,(H,18,19). The van der Waals surface area contributed by atoms with Gasteiger partial charge >= 0.3 is 0 Å². The highest BCUT2D eigenvalue weighted by molar-refractivity contribution is 7.14. The van der Waals surface area contributed by atoms with Gasteiger partial charge in [0, 0.05) is 29.0 Å². The zero-order chi connectivity index (χ0) is 13.8. The van der Waals surface area contributed by atoms with Crippen LogP contribution >= 0.6 is 11.3 Å². The zero-order valence-electron chi connectivity index (χ0n) is 11.2. The Morgan fingerprint density at radius 3 is 2.50 bits per heavy atom. The molecule has 0 aliphatic heterocycles. The summed E-state index contributed by atoms with van der Waals surface area (Å²) in [6.45, 7) is 2.16. The molecule has 0 aliphatic carbocycles. The van der Waals surface area contributed by atoms with E-state index in [-0.39, 0.29) is 0 Å². The molecule has 2 aromatic heterocycles. The lowest BCUT2D eigenvalue weighted by molar-refractivity contribution is 1.14. The zero-order valence-corrected chi connectivity index (χ0v) is 12.0. The maximum absolute atomic E-state index is 4.60. The van der Waals surface area contributed by atoms with E-state index in [0.717, 1.165) is 28.5 Å². The molecule has 0 unspecified atom stereocenters. The average molecular weight is 281 g/mol. The minimum absolute atomic E-state index is 0.904. The summed E-state index contributed by atoms with van der Waals surface area (Å²) in [6.07, 6.45) is 4.63. The molecule has 20 heavy (non-hydrogen) atoms. The Morgan fingerprint density at radius 2 is 1.80 bits per heavy atom. The molecule has 0 atom stereocenters. The first kappa shape index (κ1) is 12.8. The van der Waals surface area contributed by atoms with Gasteiger partial charge in [0.2, 0.25) is 0 Å². The fraction of sp³-hybridized carbons (Fsp3) is 0.125. The van der Waals surface area contributed by atoms with Crippen LogP contribution in [0.4, 0.5) is 10.8 Å². The summed E-state index contributed by atoms with van der Waals surface area (Å²) in [5.74, 6) is 0. The van der Waals surface area contributed by atoms with Crippen molar-refractivity contribution < 1.29 is 0 Å². The van der Waals surface area contributed by atoms with E-state index in [2.05, 4.69) is 51.9 Å². The average Bonchev–Trinajstić information content (AvgIpc) is 2.97. The van der Waals surface area contributed by atoms with Crippen LogP contribution in [0.3, 0.4) is 0 Å². The van der Waals surface area contributed by atoms with Crippen molar-refractivity contribution in [3.63, 3.8) is 0 Å². The fourth-order valence-electron chi connectivity index (χ4n) is 1.93. The minimum atomic E-state index is 0.904. The molecule has 0 fully saturated rings. The van der Waals surface area contributed by atoms with Gasteiger partial charge in [0.25, 0.3) is 0 Å². The molecular weight excluding hydrogens is 266 g/mol. The Kier molecular flexibility index (Phi) is 3.74. The van der Waals surface area contributed by atoms with E-state index in [1.54, 1.807) is 23.7 Å². The van der Waals surface area contributed by atoms with Crippen molar-refractivity contribution in [1.82, 2.24) is 9.97 Å². The molecule has 3 rings (SSSR count). The summed E-state index contributed by atoms with van der Waals surface area (Å²) in [7, 11) is 0. The Bertz CT molecular complexity index is 674. The number of anilines is 2. The molecule has 0 saturated carbocycles. The maximum atomic E-state index is 4.60. The monoisotopic (exact) mass is 281 g/mol. The maximum Gasteiger partial charge on any atom is 0.187 e. The number of hydrogen-bond acceptors (Lipinski definition) is 4. The third kappa shape index (κ3) is 2.86. The van der Waals surface area contributed by atoms with Crippen molar-refractivity contribution in [3.05, 3.63) is 59.7 Å². The van der Waals surface area contributed by atoms with E-state index < -0.39 is 0 Å². The molecule has 1 N–H and O–H groups in total. The molecule has 0 radical (unpaired) electrons. The third-order valence-corrected chi connectivity index (χ3v) is 3.85. The Balaban J connectivity index is 1.77. The highest BCUT2D eigenvalue weighted by Gasteiger charge is 2.04. The molecule has 4 heteroatoms. The number of rotatable bonds is 4. The molecule has 0 spiro atoms. The molecule has 2 heterocycles. The van der Waals surface area contributed by atoms with Crippen LogP contribution in [0.15, 0.2) is 54.2 Å². The van der Waals surface area contributed by atoms with Gasteiger partial charge in [0.15, 0.2) is 5.13 Å². The normalized spacial score (nSPS) is 10.4. The largest absolute Gasteiger partial charge is 0.332 e. The first-order valence-electron chi connectivity index (χ1n) is 6.57. The summed E-state index contributed by atoms with van der Waals surface area (Å²) in [5, 5.41) is 6.29. The van der Waals surface area contributed by atoms with Gasteiger partial charge in [-0.15, -0.1) is 11.3 Å². The van der Waals surface area contributed by atoms with E-state index in [9.17, 15) is 0 Å². The van der Waals surface area contributed by atoms with Crippen LogP contribution in [-0.2, 0) is 6.42 Å². The van der Waals surface area contributed by atoms with Crippen molar-refractivity contribution in [2.45, 2.75) is 13.3 Å². The van der Waals surface area contributed by atoms with Crippen LogP contribution in [0.25, 0.3) is 11.3 Å². The van der Waals surface area contributed by atoms with Crippen molar-refractivity contribution in [1.29, 1.82) is 0 Å². The Hall–Kier alpha value is -2.20. The van der Waals surface area contributed by atoms with Crippen LogP contribution in [0.1, 0.15) is 12.5 Å². The van der Waals surface area contributed by atoms with Crippen LogP contribution in [0, 0.1) is 0 Å². The van der Waals surface area contributed by atoms with Crippen LogP contribution in [0.2, 0.25) is 0 Å². The number of pyridine rings is 1. The van der Waals surface area contributed by atoms with Gasteiger partial charge in [-0.3, -0.25) is 4.98 Å². The van der Waals surface area contributed by atoms with Gasteiger partial charge in [-0.2, -0.15) is 0 Å². The third-order valence-electron chi connectivity index (χ3n) is 3.09. The van der Waals surface area contributed by atoms with Crippen molar-refractivity contribution in [3.8, 4) is 11.3 Å². The molecule has 0 saturated heterocycles. The quantitative estimate of drug-likeness (QED) is 0.764.